The summed E-state index contributed by atoms with van der Waals surface area (Å²) in [6.45, 7) is 8.15. The Morgan fingerprint density at radius 1 is 0.841 bits per heavy atom. The highest BCUT2D eigenvalue weighted by Crippen LogP contribution is 2.29. The molecule has 1 aliphatic carbocycles. The molecule has 8 heteroatoms. The van der Waals surface area contributed by atoms with Crippen LogP contribution in [-0.4, -0.2) is 40.9 Å². The predicted octanol–water partition coefficient (Wildman–Crippen LogP) is 10.2. The van der Waals surface area contributed by atoms with Crippen LogP contribution in [0.25, 0.3) is 10.9 Å². The van der Waals surface area contributed by atoms with Gasteiger partial charge >= 0.3 is 0 Å². The number of para-hydroxylation sites is 1. The van der Waals surface area contributed by atoms with E-state index in [-0.39, 0.29) is 18.0 Å². The Morgan fingerprint density at radius 3 is 1.89 bits per heavy atom. The fourth-order valence-electron chi connectivity index (χ4n) is 4.81. The monoisotopic (exact) mass is 651 g/mol. The van der Waals surface area contributed by atoms with Crippen LogP contribution in [0, 0.1) is 18.8 Å². The van der Waals surface area contributed by atoms with Crippen molar-refractivity contribution < 1.29 is 9.59 Å². The van der Waals surface area contributed by atoms with Crippen molar-refractivity contribution in [1.82, 2.24) is 9.97 Å². The molecule has 1 aromatic heterocycles. The molecule has 0 spiro atoms. The third kappa shape index (κ3) is 11.5. The zero-order chi connectivity index (χ0) is 32.2. The molecule has 1 heterocycles. The van der Waals surface area contributed by atoms with Crippen LogP contribution in [0.1, 0.15) is 69.1 Å². The normalized spacial score (nSPS) is 16.5. The number of halogens is 2. The Bertz CT molecular complexity index is 1490. The summed E-state index contributed by atoms with van der Waals surface area (Å²) in [5.41, 5.74) is 1.57. The van der Waals surface area contributed by atoms with Gasteiger partial charge < -0.3 is 4.90 Å². The summed E-state index contributed by atoms with van der Waals surface area (Å²) in [5, 5.41) is 1.91. The van der Waals surface area contributed by atoms with Crippen molar-refractivity contribution in [3.05, 3.63) is 94.2 Å². The van der Waals surface area contributed by atoms with Crippen LogP contribution >= 0.6 is 35.0 Å². The van der Waals surface area contributed by atoms with Crippen molar-refractivity contribution in [2.24, 2.45) is 11.8 Å². The maximum atomic E-state index is 12.3. The Hall–Kier alpha value is -2.93. The number of hydrogen-bond donors (Lipinski definition) is 0. The van der Waals surface area contributed by atoms with E-state index in [4.69, 9.17) is 23.2 Å². The number of fused-ring (bicyclic) bond motifs is 1. The third-order valence-electron chi connectivity index (χ3n) is 7.51. The number of rotatable bonds is 7. The Labute approximate surface area is 276 Å². The number of ketones is 2. The van der Waals surface area contributed by atoms with Gasteiger partial charge in [-0.25, -0.2) is 9.97 Å². The lowest BCUT2D eigenvalue weighted by atomic mass is 9.84. The number of aryl methyl sites for hydroxylation is 1. The van der Waals surface area contributed by atoms with E-state index in [1.54, 1.807) is 36.4 Å². The molecule has 234 valence electrons. The van der Waals surface area contributed by atoms with Gasteiger partial charge in [0.05, 0.1) is 10.8 Å². The SMILES string of the molecule is CC(=O)C(CC(=O)c1ccc(Cl)cc1)Sc1ccc(Cl)cc1.CC1CCC(C)CC1.Cc1nc(N(C)C)c2ccccc2n1. The minimum atomic E-state index is -0.413. The van der Waals surface area contributed by atoms with Gasteiger partial charge in [0.1, 0.15) is 17.4 Å². The summed E-state index contributed by atoms with van der Waals surface area (Å²) >= 11 is 13.0. The summed E-state index contributed by atoms with van der Waals surface area (Å²) in [6, 6.07) is 22.0. The molecule has 1 fully saturated rings. The quantitative estimate of drug-likeness (QED) is 0.146. The van der Waals surface area contributed by atoms with Gasteiger partial charge in [-0.1, -0.05) is 74.9 Å². The minimum Gasteiger partial charge on any atom is -0.362 e. The van der Waals surface area contributed by atoms with Crippen molar-refractivity contribution in [1.29, 1.82) is 0 Å². The van der Waals surface area contributed by atoms with Crippen molar-refractivity contribution in [2.45, 2.75) is 69.9 Å². The lowest BCUT2D eigenvalue weighted by Gasteiger charge is -2.22. The molecule has 5 rings (SSSR count). The topological polar surface area (TPSA) is 63.2 Å². The summed E-state index contributed by atoms with van der Waals surface area (Å²) in [7, 11) is 3.99. The second-order valence-electron chi connectivity index (χ2n) is 11.7. The first-order chi connectivity index (χ1) is 20.9. The smallest absolute Gasteiger partial charge is 0.164 e. The van der Waals surface area contributed by atoms with Gasteiger partial charge in [-0.15, -0.1) is 11.8 Å². The maximum Gasteiger partial charge on any atom is 0.164 e. The highest BCUT2D eigenvalue weighted by molar-refractivity contribution is 8.00. The fraction of sp³-hybridized carbons (Fsp3) is 0.389. The first-order valence-electron chi connectivity index (χ1n) is 15.0. The zero-order valence-electron chi connectivity index (χ0n) is 26.5. The highest BCUT2D eigenvalue weighted by atomic mass is 35.5. The number of benzene rings is 3. The molecule has 1 aliphatic rings. The van der Waals surface area contributed by atoms with Gasteiger partial charge in [0.15, 0.2) is 5.78 Å². The number of aromatic nitrogens is 2. The second kappa shape index (κ2) is 17.5. The molecule has 1 unspecified atom stereocenters. The van der Waals surface area contributed by atoms with Gasteiger partial charge in [0.25, 0.3) is 0 Å². The molecular weight excluding hydrogens is 609 g/mol. The molecule has 44 heavy (non-hydrogen) atoms. The molecule has 3 aromatic carbocycles. The zero-order valence-corrected chi connectivity index (χ0v) is 28.8. The van der Waals surface area contributed by atoms with Gasteiger partial charge in [0.2, 0.25) is 0 Å². The van der Waals surface area contributed by atoms with E-state index in [2.05, 4.69) is 23.8 Å². The van der Waals surface area contributed by atoms with E-state index < -0.39 is 5.25 Å². The van der Waals surface area contributed by atoms with E-state index in [1.807, 2.05) is 62.3 Å². The number of Topliss-reactive ketones (excluding diaryl/α,β-unsaturated/α-hetero) is 2. The standard InChI is InChI=1S/C17H14Cl2O2S.C11H13N3.C8H16/c1-11(20)17(22-15-8-6-14(19)7-9-15)10-16(21)12-2-4-13(18)5-3-12;1-8-12-10-7-5-4-6-9(10)11(13-8)14(2)3;1-7-3-5-8(2)6-4-7/h2-9,17H,10H2,1H3;4-7H,1-3H3;7-8H,3-6H2,1-2H3. The minimum absolute atomic E-state index is 0.0257. The molecule has 0 radical (unpaired) electrons. The van der Waals surface area contributed by atoms with Crippen molar-refractivity contribution >= 4 is 63.3 Å². The van der Waals surface area contributed by atoms with Crippen LogP contribution in [0.5, 0.6) is 0 Å². The number of carbonyl (C=O) groups excluding carboxylic acids is 2. The molecule has 0 aliphatic heterocycles. The molecular formula is C36H43Cl2N3O2S. The van der Waals surface area contributed by atoms with Crippen LogP contribution in [0.3, 0.4) is 0 Å². The number of thioether (sulfide) groups is 1. The first kappa shape index (κ1) is 35.5. The third-order valence-corrected chi connectivity index (χ3v) is 9.34. The Balaban J connectivity index is 0.000000203. The fourth-order valence-corrected chi connectivity index (χ4v) is 6.08. The average molecular weight is 653 g/mol. The van der Waals surface area contributed by atoms with E-state index in [0.717, 1.165) is 39.3 Å². The number of hydrogen-bond acceptors (Lipinski definition) is 6. The summed E-state index contributed by atoms with van der Waals surface area (Å²) < 4.78 is 0. The van der Waals surface area contributed by atoms with Crippen LogP contribution in [-0.2, 0) is 4.79 Å². The van der Waals surface area contributed by atoms with Gasteiger partial charge in [-0.05, 0) is 86.3 Å². The number of nitrogens with zero attached hydrogens (tertiary/aromatic N) is 3. The van der Waals surface area contributed by atoms with Crippen LogP contribution in [0.2, 0.25) is 10.0 Å². The van der Waals surface area contributed by atoms with E-state index >= 15 is 0 Å². The van der Waals surface area contributed by atoms with Crippen molar-refractivity contribution in [2.75, 3.05) is 19.0 Å². The highest BCUT2D eigenvalue weighted by Gasteiger charge is 2.21. The van der Waals surface area contributed by atoms with Gasteiger partial charge in [-0.2, -0.15) is 0 Å². The molecule has 0 N–H and O–H groups in total. The van der Waals surface area contributed by atoms with Gasteiger partial charge in [-0.3, -0.25) is 9.59 Å². The molecule has 0 amide bonds. The van der Waals surface area contributed by atoms with E-state index in [9.17, 15) is 9.59 Å². The Morgan fingerprint density at radius 2 is 1.36 bits per heavy atom. The summed E-state index contributed by atoms with van der Waals surface area (Å²) in [6.07, 6.45) is 6.05. The molecule has 4 aromatic rings. The number of anilines is 1. The molecule has 0 bridgehead atoms. The maximum absolute atomic E-state index is 12.3. The Kier molecular flexibility index (Phi) is 14.2. The predicted molar refractivity (Wildman–Crippen MR) is 188 cm³/mol. The molecule has 0 saturated heterocycles. The van der Waals surface area contributed by atoms with Crippen LogP contribution < -0.4 is 4.90 Å². The largest absolute Gasteiger partial charge is 0.362 e. The lowest BCUT2D eigenvalue weighted by molar-refractivity contribution is -0.116. The van der Waals surface area contributed by atoms with E-state index in [0.29, 0.717) is 15.6 Å². The first-order valence-corrected chi connectivity index (χ1v) is 16.7. The number of carbonyl (C=O) groups is 2. The van der Waals surface area contributed by atoms with Gasteiger partial charge in [0, 0.05) is 46.4 Å². The molecule has 1 atom stereocenters. The van der Waals surface area contributed by atoms with E-state index in [1.165, 1.54) is 44.4 Å². The lowest BCUT2D eigenvalue weighted by Crippen LogP contribution is -2.18. The molecule has 1 saturated carbocycles. The van der Waals surface area contributed by atoms with Crippen LogP contribution in [0.15, 0.2) is 77.7 Å². The average Bonchev–Trinajstić information content (AvgIpc) is 2.99. The molecule has 5 nitrogen and oxygen atoms in total. The van der Waals surface area contributed by atoms with Crippen LogP contribution in [0.4, 0.5) is 5.82 Å². The summed E-state index contributed by atoms with van der Waals surface area (Å²) in [5.74, 6) is 3.73. The van der Waals surface area contributed by atoms with Crippen molar-refractivity contribution in [3.63, 3.8) is 0 Å². The second-order valence-corrected chi connectivity index (χ2v) is 13.8. The van der Waals surface area contributed by atoms with Crippen molar-refractivity contribution in [3.8, 4) is 0 Å². The summed E-state index contributed by atoms with van der Waals surface area (Å²) in [4.78, 5) is 35.8.